The Morgan fingerprint density at radius 1 is 1.14 bits per heavy atom. The van der Waals surface area contributed by atoms with Crippen LogP contribution < -0.4 is 9.47 Å². The van der Waals surface area contributed by atoms with Crippen LogP contribution in [0.15, 0.2) is 53.1 Å². The number of methoxy groups -OCH3 is 2. The van der Waals surface area contributed by atoms with E-state index in [1.807, 2.05) is 35.2 Å². The Labute approximate surface area is 174 Å². The molecule has 1 fully saturated rings. The number of rotatable bonds is 5. The SMILES string of the molecule is COc1ccc(OC)c(C2CCCN2C(=O)c2cc(-c3ccc(Cl)cc3)on2)c1. The van der Waals surface area contributed by atoms with Crippen molar-refractivity contribution in [2.24, 2.45) is 0 Å². The first-order chi connectivity index (χ1) is 14.1. The molecular formula is C22H21ClN2O4. The van der Waals surface area contributed by atoms with Gasteiger partial charge in [-0.05, 0) is 55.3 Å². The lowest BCUT2D eigenvalue weighted by Gasteiger charge is -2.26. The summed E-state index contributed by atoms with van der Waals surface area (Å²) in [7, 11) is 3.25. The summed E-state index contributed by atoms with van der Waals surface area (Å²) in [6.45, 7) is 0.646. The van der Waals surface area contributed by atoms with E-state index in [2.05, 4.69) is 5.16 Å². The fraction of sp³-hybridized carbons (Fsp3) is 0.273. The van der Waals surface area contributed by atoms with Gasteiger partial charge in [0, 0.05) is 28.8 Å². The predicted octanol–water partition coefficient (Wildman–Crippen LogP) is 4.99. The van der Waals surface area contributed by atoms with Crippen LogP contribution >= 0.6 is 11.6 Å². The summed E-state index contributed by atoms with van der Waals surface area (Å²) in [5, 5.41) is 4.64. The average molecular weight is 413 g/mol. The second-order valence-corrected chi connectivity index (χ2v) is 7.28. The highest BCUT2D eigenvalue weighted by molar-refractivity contribution is 6.30. The van der Waals surface area contributed by atoms with Gasteiger partial charge in [-0.15, -0.1) is 0 Å². The molecule has 150 valence electrons. The van der Waals surface area contributed by atoms with Gasteiger partial charge >= 0.3 is 0 Å². The molecule has 1 aromatic heterocycles. The number of carbonyl (C=O) groups excluding carboxylic acids is 1. The number of hydrogen-bond donors (Lipinski definition) is 0. The van der Waals surface area contributed by atoms with E-state index in [4.69, 9.17) is 25.6 Å². The monoisotopic (exact) mass is 412 g/mol. The lowest BCUT2D eigenvalue weighted by molar-refractivity contribution is 0.0723. The minimum atomic E-state index is -0.165. The fourth-order valence-corrected chi connectivity index (χ4v) is 3.83. The van der Waals surface area contributed by atoms with E-state index < -0.39 is 0 Å². The summed E-state index contributed by atoms with van der Waals surface area (Å²) in [5.41, 5.74) is 2.02. The van der Waals surface area contributed by atoms with Gasteiger partial charge in [-0.2, -0.15) is 0 Å². The van der Waals surface area contributed by atoms with Gasteiger partial charge in [-0.3, -0.25) is 4.79 Å². The molecule has 2 aromatic carbocycles. The summed E-state index contributed by atoms with van der Waals surface area (Å²) >= 11 is 5.94. The van der Waals surface area contributed by atoms with Gasteiger partial charge in [-0.25, -0.2) is 0 Å². The topological polar surface area (TPSA) is 64.8 Å². The van der Waals surface area contributed by atoms with Gasteiger partial charge in [0.1, 0.15) is 11.5 Å². The third kappa shape index (κ3) is 3.80. The van der Waals surface area contributed by atoms with Gasteiger partial charge in [0.2, 0.25) is 0 Å². The van der Waals surface area contributed by atoms with E-state index >= 15 is 0 Å². The Bertz CT molecular complexity index is 1020. The lowest BCUT2D eigenvalue weighted by Crippen LogP contribution is -2.31. The summed E-state index contributed by atoms with van der Waals surface area (Å²) < 4.78 is 16.3. The molecule has 0 radical (unpaired) electrons. The molecule has 0 aliphatic carbocycles. The summed E-state index contributed by atoms with van der Waals surface area (Å²) in [6, 6.07) is 14.4. The van der Waals surface area contributed by atoms with Crippen molar-refractivity contribution in [2.45, 2.75) is 18.9 Å². The highest BCUT2D eigenvalue weighted by atomic mass is 35.5. The number of aromatic nitrogens is 1. The van der Waals surface area contributed by atoms with Gasteiger partial charge in [0.05, 0.1) is 20.3 Å². The third-order valence-electron chi connectivity index (χ3n) is 5.17. The zero-order chi connectivity index (χ0) is 20.4. The number of ether oxygens (including phenoxy) is 2. The summed E-state index contributed by atoms with van der Waals surface area (Å²) in [5.74, 6) is 1.82. The first-order valence-corrected chi connectivity index (χ1v) is 9.74. The molecule has 3 aromatic rings. The number of nitrogens with zero attached hydrogens (tertiary/aromatic N) is 2. The first-order valence-electron chi connectivity index (χ1n) is 9.36. The molecule has 2 heterocycles. The molecule has 4 rings (SSSR count). The van der Waals surface area contributed by atoms with Crippen LogP contribution in [0.3, 0.4) is 0 Å². The highest BCUT2D eigenvalue weighted by Crippen LogP contribution is 2.39. The Hall–Kier alpha value is -2.99. The molecule has 0 bridgehead atoms. The zero-order valence-corrected chi connectivity index (χ0v) is 17.0. The maximum Gasteiger partial charge on any atom is 0.276 e. The number of hydrogen-bond acceptors (Lipinski definition) is 5. The number of halogens is 1. The van der Waals surface area contributed by atoms with Crippen LogP contribution in [0.1, 0.15) is 34.9 Å². The summed E-state index contributed by atoms with van der Waals surface area (Å²) in [4.78, 5) is 15.0. The molecule has 0 N–H and O–H groups in total. The van der Waals surface area contributed by atoms with Crippen molar-refractivity contribution < 1.29 is 18.8 Å². The van der Waals surface area contributed by atoms with E-state index in [0.717, 1.165) is 35.5 Å². The van der Waals surface area contributed by atoms with E-state index in [1.165, 1.54) is 0 Å². The van der Waals surface area contributed by atoms with E-state index in [1.54, 1.807) is 32.4 Å². The van der Waals surface area contributed by atoms with Crippen LogP contribution in [0, 0.1) is 0 Å². The summed E-state index contributed by atoms with van der Waals surface area (Å²) in [6.07, 6.45) is 1.75. The quantitative estimate of drug-likeness (QED) is 0.590. The van der Waals surface area contributed by atoms with Crippen LogP contribution in [-0.4, -0.2) is 36.7 Å². The van der Waals surface area contributed by atoms with E-state index in [0.29, 0.717) is 17.3 Å². The Morgan fingerprint density at radius 2 is 1.93 bits per heavy atom. The van der Waals surface area contributed by atoms with Crippen molar-refractivity contribution in [2.75, 3.05) is 20.8 Å². The smallest absolute Gasteiger partial charge is 0.276 e. The largest absolute Gasteiger partial charge is 0.497 e. The second-order valence-electron chi connectivity index (χ2n) is 6.85. The van der Waals surface area contributed by atoms with Gasteiger partial charge in [-0.1, -0.05) is 16.8 Å². The van der Waals surface area contributed by atoms with Gasteiger partial charge in [0.15, 0.2) is 11.5 Å². The molecule has 29 heavy (non-hydrogen) atoms. The predicted molar refractivity (Wildman–Crippen MR) is 110 cm³/mol. The molecule has 1 unspecified atom stereocenters. The van der Waals surface area contributed by atoms with Gasteiger partial charge in [0.25, 0.3) is 5.91 Å². The maximum atomic E-state index is 13.2. The average Bonchev–Trinajstić information content (AvgIpc) is 3.43. The van der Waals surface area contributed by atoms with Crippen molar-refractivity contribution in [3.63, 3.8) is 0 Å². The molecular weight excluding hydrogens is 392 g/mol. The van der Waals surface area contributed by atoms with Crippen molar-refractivity contribution in [1.29, 1.82) is 0 Å². The Balaban J connectivity index is 1.61. The highest BCUT2D eigenvalue weighted by Gasteiger charge is 2.34. The number of benzene rings is 2. The Kier molecular flexibility index (Phi) is 5.45. The lowest BCUT2D eigenvalue weighted by atomic mass is 10.0. The number of amides is 1. The minimum absolute atomic E-state index is 0.108. The maximum absolute atomic E-state index is 13.2. The van der Waals surface area contributed by atoms with Crippen LogP contribution in [0.25, 0.3) is 11.3 Å². The van der Waals surface area contributed by atoms with Crippen LogP contribution in [0.5, 0.6) is 11.5 Å². The molecule has 0 spiro atoms. The fourth-order valence-electron chi connectivity index (χ4n) is 3.71. The second kappa shape index (κ2) is 8.17. The van der Waals surface area contributed by atoms with Crippen LogP contribution in [-0.2, 0) is 0 Å². The molecule has 1 saturated heterocycles. The molecule has 1 amide bonds. The van der Waals surface area contributed by atoms with E-state index in [-0.39, 0.29) is 17.6 Å². The molecule has 1 aliphatic heterocycles. The number of carbonyl (C=O) groups is 1. The molecule has 1 aliphatic rings. The molecule has 7 heteroatoms. The Morgan fingerprint density at radius 3 is 2.66 bits per heavy atom. The molecule has 0 saturated carbocycles. The minimum Gasteiger partial charge on any atom is -0.497 e. The van der Waals surface area contributed by atoms with Crippen molar-refractivity contribution in [3.05, 3.63) is 64.8 Å². The van der Waals surface area contributed by atoms with Crippen LogP contribution in [0.4, 0.5) is 0 Å². The molecule has 6 nitrogen and oxygen atoms in total. The zero-order valence-electron chi connectivity index (χ0n) is 16.2. The molecule has 1 atom stereocenters. The van der Waals surface area contributed by atoms with Crippen molar-refractivity contribution in [3.8, 4) is 22.8 Å². The van der Waals surface area contributed by atoms with Crippen molar-refractivity contribution >= 4 is 17.5 Å². The van der Waals surface area contributed by atoms with Crippen LogP contribution in [0.2, 0.25) is 5.02 Å². The first kappa shape index (κ1) is 19.3. The van der Waals surface area contributed by atoms with Gasteiger partial charge < -0.3 is 18.9 Å². The normalized spacial score (nSPS) is 16.1. The van der Waals surface area contributed by atoms with Crippen molar-refractivity contribution in [1.82, 2.24) is 10.1 Å². The standard InChI is InChI=1S/C22H21ClN2O4/c1-27-16-9-10-20(28-2)17(12-16)19-4-3-11-25(19)22(26)18-13-21(29-24-18)14-5-7-15(23)8-6-14/h5-10,12-13,19H,3-4,11H2,1-2H3. The third-order valence-corrected chi connectivity index (χ3v) is 5.42. The number of likely N-dealkylation sites (tertiary alicyclic amines) is 1. The van der Waals surface area contributed by atoms with E-state index in [9.17, 15) is 4.79 Å².